The van der Waals surface area contributed by atoms with Gasteiger partial charge in [0.1, 0.15) is 0 Å². The number of carbonyl (C=O) groups excluding carboxylic acids is 1. The van der Waals surface area contributed by atoms with Crippen molar-refractivity contribution in [3.8, 4) is 0 Å². The van der Waals surface area contributed by atoms with Crippen LogP contribution in [0.4, 0.5) is 0 Å². The van der Waals surface area contributed by atoms with Gasteiger partial charge >= 0.3 is 0 Å². The fourth-order valence-electron chi connectivity index (χ4n) is 4.33. The Kier molecular flexibility index (Phi) is 8.11. The van der Waals surface area contributed by atoms with Gasteiger partial charge in [0.05, 0.1) is 6.42 Å². The second kappa shape index (κ2) is 9.86. The monoisotopic (exact) mass is 398 g/mol. The molecule has 0 bridgehead atoms. The van der Waals surface area contributed by atoms with Gasteiger partial charge in [-0.25, -0.2) is 0 Å². The Labute approximate surface area is 166 Å². The van der Waals surface area contributed by atoms with E-state index in [1.54, 1.807) is 6.26 Å². The van der Waals surface area contributed by atoms with Crippen LogP contribution in [-0.4, -0.2) is 58.4 Å². The summed E-state index contributed by atoms with van der Waals surface area (Å²) in [6, 6.07) is 8.48. The lowest BCUT2D eigenvalue weighted by Crippen LogP contribution is -2.53. The van der Waals surface area contributed by atoms with E-state index in [2.05, 4.69) is 4.90 Å². The van der Waals surface area contributed by atoms with E-state index in [0.29, 0.717) is 18.5 Å². The maximum absolute atomic E-state index is 12.8. The smallest absolute Gasteiger partial charge is 0.227 e. The van der Waals surface area contributed by atoms with Crippen LogP contribution in [-0.2, 0) is 22.0 Å². The molecule has 3 atom stereocenters. The second-order valence-electron chi connectivity index (χ2n) is 7.44. The summed E-state index contributed by atoms with van der Waals surface area (Å²) in [5.41, 5.74) is 1.000. The van der Waals surface area contributed by atoms with E-state index < -0.39 is 10.8 Å². The number of halogens is 1. The molecular formula is C20H31ClN2O2S. The van der Waals surface area contributed by atoms with E-state index in [4.69, 9.17) is 0 Å². The van der Waals surface area contributed by atoms with E-state index in [1.807, 2.05) is 36.2 Å². The maximum Gasteiger partial charge on any atom is 0.227 e. The highest BCUT2D eigenvalue weighted by Crippen LogP contribution is 2.29. The zero-order valence-corrected chi connectivity index (χ0v) is 17.5. The third kappa shape index (κ3) is 5.08. The summed E-state index contributed by atoms with van der Waals surface area (Å²) < 4.78 is 11.5. The third-order valence-electron chi connectivity index (χ3n) is 5.81. The minimum atomic E-state index is -0.970. The Hall–Kier alpha value is -0.910. The van der Waals surface area contributed by atoms with E-state index >= 15 is 0 Å². The number of rotatable bonds is 5. The second-order valence-corrected chi connectivity index (χ2v) is 8.82. The van der Waals surface area contributed by atoms with Gasteiger partial charge in [0.2, 0.25) is 5.91 Å². The zero-order chi connectivity index (χ0) is 17.8. The molecular weight excluding hydrogens is 368 g/mol. The van der Waals surface area contributed by atoms with Gasteiger partial charge in [-0.2, -0.15) is 0 Å². The fraction of sp³-hybridized carbons (Fsp3) is 0.650. The Bertz CT molecular complexity index is 617. The number of hydrogen-bond acceptors (Lipinski definition) is 3. The SMILES string of the molecule is CN(C(=O)Cc1ccc(S(C)=O)cc1)[C@@H]1CCCC[C@H]1N1CCCC1.Cl. The highest BCUT2D eigenvalue weighted by molar-refractivity contribution is 7.84. The molecule has 0 spiro atoms. The average molecular weight is 399 g/mol. The summed E-state index contributed by atoms with van der Waals surface area (Å²) in [7, 11) is 1.01. The van der Waals surface area contributed by atoms with Crippen molar-refractivity contribution in [2.24, 2.45) is 0 Å². The van der Waals surface area contributed by atoms with Crippen molar-refractivity contribution in [3.05, 3.63) is 29.8 Å². The summed E-state index contributed by atoms with van der Waals surface area (Å²) in [5.74, 6) is 0.196. The van der Waals surface area contributed by atoms with Crippen molar-refractivity contribution >= 4 is 29.1 Å². The van der Waals surface area contributed by atoms with Crippen molar-refractivity contribution in [1.29, 1.82) is 0 Å². The minimum Gasteiger partial charge on any atom is -0.341 e. The van der Waals surface area contributed by atoms with Crippen molar-refractivity contribution in [2.45, 2.75) is 61.9 Å². The molecule has 1 saturated carbocycles. The summed E-state index contributed by atoms with van der Waals surface area (Å²) in [5, 5.41) is 0. The maximum atomic E-state index is 12.8. The van der Waals surface area contributed by atoms with Crippen LogP contribution in [0.25, 0.3) is 0 Å². The Balaban J connectivity index is 0.00000243. The lowest BCUT2D eigenvalue weighted by atomic mass is 9.88. The van der Waals surface area contributed by atoms with Crippen LogP contribution in [0.15, 0.2) is 29.2 Å². The van der Waals surface area contributed by atoms with Crippen LogP contribution in [0.2, 0.25) is 0 Å². The number of nitrogens with zero attached hydrogens (tertiary/aromatic N) is 2. The van der Waals surface area contributed by atoms with E-state index in [-0.39, 0.29) is 18.3 Å². The van der Waals surface area contributed by atoms with Gasteiger partial charge in [-0.05, 0) is 56.5 Å². The topological polar surface area (TPSA) is 40.6 Å². The number of hydrogen-bond donors (Lipinski definition) is 0. The van der Waals surface area contributed by atoms with Gasteiger partial charge in [-0.3, -0.25) is 13.9 Å². The molecule has 1 unspecified atom stereocenters. The van der Waals surface area contributed by atoms with Crippen LogP contribution in [0.1, 0.15) is 44.1 Å². The van der Waals surface area contributed by atoms with Crippen LogP contribution in [0, 0.1) is 0 Å². The van der Waals surface area contributed by atoms with Crippen molar-refractivity contribution in [2.75, 3.05) is 26.4 Å². The molecule has 0 N–H and O–H groups in total. The molecule has 3 rings (SSSR count). The van der Waals surface area contributed by atoms with Gasteiger partial charge in [0.25, 0.3) is 0 Å². The molecule has 1 amide bonds. The first-order valence-electron chi connectivity index (χ1n) is 9.48. The lowest BCUT2D eigenvalue weighted by Gasteiger charge is -2.42. The van der Waals surface area contributed by atoms with Gasteiger partial charge in [-0.1, -0.05) is 25.0 Å². The van der Waals surface area contributed by atoms with Gasteiger partial charge in [0, 0.05) is 41.1 Å². The van der Waals surface area contributed by atoms with Crippen LogP contribution < -0.4 is 0 Å². The number of benzene rings is 1. The van der Waals surface area contributed by atoms with E-state index in [9.17, 15) is 9.00 Å². The standard InChI is InChI=1S/C20H30N2O2S.ClH/c1-21(18-7-3-4-8-19(18)22-13-5-6-14-22)20(23)15-16-9-11-17(12-10-16)25(2)24;/h9-12,18-19H,3-8,13-15H2,1-2H3;1H/t18-,19-,25?;/m1./s1. The lowest BCUT2D eigenvalue weighted by molar-refractivity contribution is -0.133. The van der Waals surface area contributed by atoms with Crippen molar-refractivity contribution in [3.63, 3.8) is 0 Å². The number of likely N-dealkylation sites (tertiary alicyclic amines) is 1. The summed E-state index contributed by atoms with van der Waals surface area (Å²) >= 11 is 0. The summed E-state index contributed by atoms with van der Waals surface area (Å²) in [6.07, 6.45) is 9.55. The Morgan fingerprint density at radius 2 is 1.73 bits per heavy atom. The predicted molar refractivity (Wildman–Crippen MR) is 109 cm³/mol. The van der Waals surface area contributed by atoms with Gasteiger partial charge < -0.3 is 4.90 Å². The van der Waals surface area contributed by atoms with E-state index in [1.165, 1.54) is 45.2 Å². The molecule has 1 aromatic rings. The van der Waals surface area contributed by atoms with Crippen molar-refractivity contribution in [1.82, 2.24) is 9.80 Å². The minimum absolute atomic E-state index is 0. The number of amides is 1. The van der Waals surface area contributed by atoms with Crippen LogP contribution in [0.3, 0.4) is 0 Å². The number of likely N-dealkylation sites (N-methyl/N-ethyl adjacent to an activating group) is 1. The highest BCUT2D eigenvalue weighted by Gasteiger charge is 2.35. The molecule has 26 heavy (non-hydrogen) atoms. The largest absolute Gasteiger partial charge is 0.341 e. The molecule has 4 nitrogen and oxygen atoms in total. The first-order chi connectivity index (χ1) is 12.1. The first-order valence-corrected chi connectivity index (χ1v) is 11.0. The number of carbonyl (C=O) groups is 1. The molecule has 2 aliphatic rings. The molecule has 1 heterocycles. The molecule has 0 aromatic heterocycles. The normalized spacial score (nSPS) is 24.7. The third-order valence-corrected chi connectivity index (χ3v) is 6.74. The fourth-order valence-corrected chi connectivity index (χ4v) is 4.85. The molecule has 2 fully saturated rings. The van der Waals surface area contributed by atoms with Crippen LogP contribution >= 0.6 is 12.4 Å². The quantitative estimate of drug-likeness (QED) is 0.764. The Morgan fingerprint density at radius 3 is 2.35 bits per heavy atom. The van der Waals surface area contributed by atoms with Crippen molar-refractivity contribution < 1.29 is 9.00 Å². The summed E-state index contributed by atoms with van der Waals surface area (Å²) in [4.78, 5) is 18.3. The molecule has 1 saturated heterocycles. The molecule has 6 heteroatoms. The predicted octanol–water partition coefficient (Wildman–Crippen LogP) is 3.25. The van der Waals surface area contributed by atoms with Gasteiger partial charge in [-0.15, -0.1) is 12.4 Å². The highest BCUT2D eigenvalue weighted by atomic mass is 35.5. The van der Waals surface area contributed by atoms with Gasteiger partial charge in [0.15, 0.2) is 0 Å². The van der Waals surface area contributed by atoms with E-state index in [0.717, 1.165) is 16.9 Å². The van der Waals surface area contributed by atoms with Crippen LogP contribution in [0.5, 0.6) is 0 Å². The Morgan fingerprint density at radius 1 is 1.12 bits per heavy atom. The molecule has 1 aromatic carbocycles. The summed E-state index contributed by atoms with van der Waals surface area (Å²) in [6.45, 7) is 2.39. The first kappa shape index (κ1) is 21.4. The molecule has 1 aliphatic heterocycles. The average Bonchev–Trinajstić information content (AvgIpc) is 3.16. The molecule has 1 aliphatic carbocycles. The zero-order valence-electron chi connectivity index (χ0n) is 15.9. The molecule has 146 valence electrons. The molecule has 0 radical (unpaired) electrons.